The number of hydrogen-bond acceptors (Lipinski definition) is 5. The van der Waals surface area contributed by atoms with Gasteiger partial charge < -0.3 is 20.3 Å². The first-order valence-electron chi connectivity index (χ1n) is 9.94. The minimum Gasteiger partial charge on any atom is -0.455 e. The molecular weight excluding hydrogens is 398 g/mol. The van der Waals surface area contributed by atoms with E-state index in [1.807, 2.05) is 31.2 Å². The van der Waals surface area contributed by atoms with E-state index in [2.05, 4.69) is 10.6 Å². The molecular formula is C23H27N3O5. The number of esters is 1. The van der Waals surface area contributed by atoms with Crippen molar-refractivity contribution in [2.45, 2.75) is 27.2 Å². The number of ether oxygens (including phenoxy) is 1. The first-order chi connectivity index (χ1) is 14.8. The molecule has 0 saturated carbocycles. The van der Waals surface area contributed by atoms with Gasteiger partial charge in [0, 0.05) is 24.8 Å². The number of anilines is 2. The second-order valence-electron chi connectivity index (χ2n) is 6.98. The molecule has 0 saturated heterocycles. The summed E-state index contributed by atoms with van der Waals surface area (Å²) in [7, 11) is 0. The number of rotatable bonds is 9. The standard InChI is InChI=1S/C23H27N3O5/c1-4-26(14-21(28)25-20-11-9-19(10-12-20)24-17(3)27)22(29)15-31-23(30)13-18-8-6-5-7-16(18)2/h5-12H,4,13-15H2,1-3H3,(H,24,27)(H,25,28). The van der Waals surface area contributed by atoms with Gasteiger partial charge in [0.1, 0.15) is 0 Å². The average molecular weight is 425 g/mol. The zero-order chi connectivity index (χ0) is 22.8. The van der Waals surface area contributed by atoms with Crippen LogP contribution in [0, 0.1) is 6.92 Å². The van der Waals surface area contributed by atoms with Crippen LogP contribution in [0.2, 0.25) is 0 Å². The maximum absolute atomic E-state index is 12.4. The lowest BCUT2D eigenvalue weighted by Gasteiger charge is -2.20. The smallest absolute Gasteiger partial charge is 0.310 e. The monoisotopic (exact) mass is 425 g/mol. The van der Waals surface area contributed by atoms with Gasteiger partial charge in [0.25, 0.3) is 5.91 Å². The summed E-state index contributed by atoms with van der Waals surface area (Å²) < 4.78 is 5.09. The minimum absolute atomic E-state index is 0.0844. The molecule has 0 spiro atoms. The molecule has 0 aliphatic carbocycles. The normalized spacial score (nSPS) is 10.2. The van der Waals surface area contributed by atoms with Crippen molar-refractivity contribution in [3.63, 3.8) is 0 Å². The molecule has 31 heavy (non-hydrogen) atoms. The summed E-state index contributed by atoms with van der Waals surface area (Å²) in [5.41, 5.74) is 2.97. The molecule has 0 bridgehead atoms. The summed E-state index contributed by atoms with van der Waals surface area (Å²) >= 11 is 0. The van der Waals surface area contributed by atoms with Gasteiger partial charge in [-0.1, -0.05) is 24.3 Å². The SMILES string of the molecule is CCN(CC(=O)Nc1ccc(NC(C)=O)cc1)C(=O)COC(=O)Cc1ccccc1C. The Morgan fingerprint density at radius 1 is 0.935 bits per heavy atom. The largest absolute Gasteiger partial charge is 0.455 e. The summed E-state index contributed by atoms with van der Waals surface area (Å²) in [4.78, 5) is 49.0. The molecule has 8 heteroatoms. The Balaban J connectivity index is 1.82. The Hall–Kier alpha value is -3.68. The number of benzene rings is 2. The molecule has 0 unspecified atom stereocenters. The molecule has 2 rings (SSSR count). The van der Waals surface area contributed by atoms with Gasteiger partial charge >= 0.3 is 5.97 Å². The Morgan fingerprint density at radius 2 is 1.55 bits per heavy atom. The van der Waals surface area contributed by atoms with Crippen LogP contribution in [0.15, 0.2) is 48.5 Å². The molecule has 0 aliphatic rings. The van der Waals surface area contributed by atoms with Gasteiger partial charge in [0.2, 0.25) is 11.8 Å². The van der Waals surface area contributed by atoms with Crippen molar-refractivity contribution in [3.8, 4) is 0 Å². The highest BCUT2D eigenvalue weighted by Crippen LogP contribution is 2.13. The Bertz CT molecular complexity index is 940. The van der Waals surface area contributed by atoms with E-state index in [0.717, 1.165) is 11.1 Å². The molecule has 2 aromatic carbocycles. The molecule has 164 valence electrons. The van der Waals surface area contributed by atoms with Crippen LogP contribution in [0.25, 0.3) is 0 Å². The third kappa shape index (κ3) is 7.93. The fourth-order valence-electron chi connectivity index (χ4n) is 2.84. The van der Waals surface area contributed by atoms with Gasteiger partial charge in [-0.05, 0) is 49.2 Å². The van der Waals surface area contributed by atoms with Crippen LogP contribution >= 0.6 is 0 Å². The van der Waals surface area contributed by atoms with Crippen molar-refractivity contribution in [2.24, 2.45) is 0 Å². The van der Waals surface area contributed by atoms with Crippen molar-refractivity contribution in [3.05, 3.63) is 59.7 Å². The second kappa shape index (κ2) is 11.5. The number of carbonyl (C=O) groups is 4. The number of carbonyl (C=O) groups excluding carboxylic acids is 4. The summed E-state index contributed by atoms with van der Waals surface area (Å²) in [5.74, 6) is -1.51. The number of hydrogen-bond donors (Lipinski definition) is 2. The minimum atomic E-state index is -0.498. The van der Waals surface area contributed by atoms with E-state index in [9.17, 15) is 19.2 Å². The van der Waals surface area contributed by atoms with Gasteiger partial charge in [-0.2, -0.15) is 0 Å². The van der Waals surface area contributed by atoms with E-state index in [-0.39, 0.29) is 24.8 Å². The van der Waals surface area contributed by atoms with E-state index >= 15 is 0 Å². The number of amides is 3. The second-order valence-corrected chi connectivity index (χ2v) is 6.98. The van der Waals surface area contributed by atoms with E-state index in [1.165, 1.54) is 11.8 Å². The fourth-order valence-corrected chi connectivity index (χ4v) is 2.84. The molecule has 0 fully saturated rings. The van der Waals surface area contributed by atoms with Crippen LogP contribution in [-0.2, 0) is 30.3 Å². The fraction of sp³-hybridized carbons (Fsp3) is 0.304. The molecule has 0 heterocycles. The predicted molar refractivity (Wildman–Crippen MR) is 117 cm³/mol. The van der Waals surface area contributed by atoms with Crippen molar-refractivity contribution in [1.82, 2.24) is 4.90 Å². The van der Waals surface area contributed by atoms with Gasteiger partial charge in [-0.3, -0.25) is 19.2 Å². The van der Waals surface area contributed by atoms with Gasteiger partial charge in [-0.15, -0.1) is 0 Å². The maximum Gasteiger partial charge on any atom is 0.310 e. The number of aryl methyl sites for hydroxylation is 1. The number of nitrogens with zero attached hydrogens (tertiary/aromatic N) is 1. The van der Waals surface area contributed by atoms with E-state index in [1.54, 1.807) is 31.2 Å². The van der Waals surface area contributed by atoms with Gasteiger partial charge in [-0.25, -0.2) is 0 Å². The van der Waals surface area contributed by atoms with Gasteiger partial charge in [0.15, 0.2) is 6.61 Å². The lowest BCUT2D eigenvalue weighted by Crippen LogP contribution is -2.40. The van der Waals surface area contributed by atoms with Crippen molar-refractivity contribution in [2.75, 3.05) is 30.3 Å². The number of nitrogens with one attached hydrogen (secondary N) is 2. The predicted octanol–water partition coefficient (Wildman–Crippen LogP) is 2.53. The van der Waals surface area contributed by atoms with Crippen LogP contribution in [0.5, 0.6) is 0 Å². The molecule has 3 amide bonds. The first kappa shape index (κ1) is 23.6. The highest BCUT2D eigenvalue weighted by atomic mass is 16.5. The topological polar surface area (TPSA) is 105 Å². The van der Waals surface area contributed by atoms with Crippen LogP contribution in [0.3, 0.4) is 0 Å². The Kier molecular flexibility index (Phi) is 8.75. The van der Waals surface area contributed by atoms with Crippen molar-refractivity contribution < 1.29 is 23.9 Å². The van der Waals surface area contributed by atoms with Crippen LogP contribution in [0.1, 0.15) is 25.0 Å². The zero-order valence-electron chi connectivity index (χ0n) is 17.9. The highest BCUT2D eigenvalue weighted by molar-refractivity contribution is 5.95. The summed E-state index contributed by atoms with van der Waals surface area (Å²) in [6, 6.07) is 14.1. The maximum atomic E-state index is 12.4. The van der Waals surface area contributed by atoms with Crippen molar-refractivity contribution in [1.29, 1.82) is 0 Å². The van der Waals surface area contributed by atoms with E-state index < -0.39 is 18.5 Å². The number of likely N-dealkylation sites (N-methyl/N-ethyl adjacent to an activating group) is 1. The zero-order valence-corrected chi connectivity index (χ0v) is 17.9. The lowest BCUT2D eigenvalue weighted by molar-refractivity contribution is -0.151. The lowest BCUT2D eigenvalue weighted by atomic mass is 10.1. The molecule has 0 aromatic heterocycles. The van der Waals surface area contributed by atoms with Crippen LogP contribution < -0.4 is 10.6 Å². The first-order valence-corrected chi connectivity index (χ1v) is 9.94. The average Bonchev–Trinajstić information content (AvgIpc) is 2.73. The molecule has 2 N–H and O–H groups in total. The molecule has 0 aliphatic heterocycles. The van der Waals surface area contributed by atoms with Crippen molar-refractivity contribution >= 4 is 35.1 Å². The van der Waals surface area contributed by atoms with Crippen LogP contribution in [-0.4, -0.2) is 48.3 Å². The van der Waals surface area contributed by atoms with E-state index in [4.69, 9.17) is 4.74 Å². The third-order valence-corrected chi connectivity index (χ3v) is 4.51. The Morgan fingerprint density at radius 3 is 2.13 bits per heavy atom. The molecule has 0 radical (unpaired) electrons. The van der Waals surface area contributed by atoms with E-state index in [0.29, 0.717) is 17.9 Å². The molecule has 0 atom stereocenters. The quantitative estimate of drug-likeness (QED) is 0.601. The summed E-state index contributed by atoms with van der Waals surface area (Å²) in [6.45, 7) is 4.76. The molecule has 2 aromatic rings. The van der Waals surface area contributed by atoms with Crippen LogP contribution in [0.4, 0.5) is 11.4 Å². The van der Waals surface area contributed by atoms with Gasteiger partial charge in [0.05, 0.1) is 13.0 Å². The summed E-state index contributed by atoms with van der Waals surface area (Å²) in [6.07, 6.45) is 0.0844. The highest BCUT2D eigenvalue weighted by Gasteiger charge is 2.18. The summed E-state index contributed by atoms with van der Waals surface area (Å²) in [5, 5.41) is 5.33. The third-order valence-electron chi connectivity index (χ3n) is 4.51. The Labute approximate surface area is 181 Å². The molecule has 8 nitrogen and oxygen atoms in total.